The summed E-state index contributed by atoms with van der Waals surface area (Å²) in [6.45, 7) is 3.85. The van der Waals surface area contributed by atoms with Crippen LogP contribution in [0, 0.1) is 6.92 Å². The highest BCUT2D eigenvalue weighted by Crippen LogP contribution is 2.31. The van der Waals surface area contributed by atoms with Crippen LogP contribution in [0.4, 0.5) is 0 Å². The number of fused-ring (bicyclic) bond motifs is 1. The standard InChI is InChI=1S/C17H18N4O2S/c1-12-18-6-7-20(12)10-16(22)21-8-9-23-11-14(21)17-19-13-4-2-3-5-15(13)24-17/h2-7,14H,8-11H2,1H3/t14-/m1/s1. The van der Waals surface area contributed by atoms with E-state index in [1.165, 1.54) is 0 Å². The first-order valence-corrected chi connectivity index (χ1v) is 8.74. The average Bonchev–Trinajstić information content (AvgIpc) is 3.21. The highest BCUT2D eigenvalue weighted by molar-refractivity contribution is 7.18. The fourth-order valence-electron chi connectivity index (χ4n) is 2.95. The zero-order valence-corrected chi connectivity index (χ0v) is 14.2. The molecule has 1 atom stereocenters. The molecule has 0 unspecified atom stereocenters. The van der Waals surface area contributed by atoms with Gasteiger partial charge in [-0.2, -0.15) is 0 Å². The van der Waals surface area contributed by atoms with E-state index in [-0.39, 0.29) is 11.9 Å². The Hall–Kier alpha value is -2.25. The van der Waals surface area contributed by atoms with E-state index in [0.29, 0.717) is 26.3 Å². The lowest BCUT2D eigenvalue weighted by molar-refractivity contribution is -0.140. The number of thiazole rings is 1. The van der Waals surface area contributed by atoms with Gasteiger partial charge in [0.1, 0.15) is 23.4 Å². The predicted octanol–water partition coefficient (Wildman–Crippen LogP) is 2.40. The molecular formula is C17H18N4O2S. The summed E-state index contributed by atoms with van der Waals surface area (Å²) < 4.78 is 8.63. The molecule has 4 rings (SSSR count). The summed E-state index contributed by atoms with van der Waals surface area (Å²) >= 11 is 1.63. The minimum absolute atomic E-state index is 0.0728. The first-order chi connectivity index (χ1) is 11.7. The normalized spacial score (nSPS) is 18.2. The van der Waals surface area contributed by atoms with Gasteiger partial charge in [-0.05, 0) is 19.1 Å². The van der Waals surface area contributed by atoms with Gasteiger partial charge in [0.25, 0.3) is 0 Å². The first kappa shape index (κ1) is 15.3. The van der Waals surface area contributed by atoms with Gasteiger partial charge in [-0.1, -0.05) is 12.1 Å². The molecule has 6 nitrogen and oxygen atoms in total. The van der Waals surface area contributed by atoms with Gasteiger partial charge in [0, 0.05) is 18.9 Å². The van der Waals surface area contributed by atoms with E-state index in [1.807, 2.05) is 40.8 Å². The molecule has 1 aliphatic rings. The lowest BCUT2D eigenvalue weighted by atomic mass is 10.2. The Morgan fingerprint density at radius 3 is 3.08 bits per heavy atom. The molecule has 1 saturated heterocycles. The third kappa shape index (κ3) is 2.81. The van der Waals surface area contributed by atoms with Crippen molar-refractivity contribution in [2.24, 2.45) is 0 Å². The number of imidazole rings is 1. The van der Waals surface area contributed by atoms with Crippen molar-refractivity contribution in [3.63, 3.8) is 0 Å². The van der Waals surface area contributed by atoms with Crippen LogP contribution in [-0.4, -0.2) is 45.1 Å². The molecule has 0 spiro atoms. The molecule has 3 heterocycles. The van der Waals surface area contributed by atoms with Crippen molar-refractivity contribution in [2.75, 3.05) is 19.8 Å². The van der Waals surface area contributed by atoms with Gasteiger partial charge >= 0.3 is 0 Å². The summed E-state index contributed by atoms with van der Waals surface area (Å²) in [5.41, 5.74) is 0.973. The Bertz CT molecular complexity index is 839. The molecule has 1 aromatic carbocycles. The minimum atomic E-state index is -0.118. The number of para-hydroxylation sites is 1. The number of nitrogens with zero attached hydrogens (tertiary/aromatic N) is 4. The summed E-state index contributed by atoms with van der Waals surface area (Å²) in [6.07, 6.45) is 3.55. The van der Waals surface area contributed by atoms with Gasteiger partial charge in [-0.25, -0.2) is 9.97 Å². The first-order valence-electron chi connectivity index (χ1n) is 7.93. The number of aryl methyl sites for hydroxylation is 1. The molecule has 0 radical (unpaired) electrons. The van der Waals surface area contributed by atoms with Crippen LogP contribution >= 0.6 is 11.3 Å². The largest absolute Gasteiger partial charge is 0.377 e. The van der Waals surface area contributed by atoms with E-state index in [2.05, 4.69) is 11.1 Å². The molecule has 24 heavy (non-hydrogen) atoms. The van der Waals surface area contributed by atoms with Crippen molar-refractivity contribution in [1.29, 1.82) is 0 Å². The van der Waals surface area contributed by atoms with Crippen LogP contribution < -0.4 is 0 Å². The van der Waals surface area contributed by atoms with Crippen LogP contribution in [-0.2, 0) is 16.1 Å². The molecule has 0 N–H and O–H groups in total. The number of hydrogen-bond donors (Lipinski definition) is 0. The molecule has 0 aliphatic carbocycles. The van der Waals surface area contributed by atoms with Crippen molar-refractivity contribution >= 4 is 27.5 Å². The quantitative estimate of drug-likeness (QED) is 0.733. The Labute approximate surface area is 143 Å². The number of rotatable bonds is 3. The van der Waals surface area contributed by atoms with E-state index in [9.17, 15) is 4.79 Å². The fraction of sp³-hybridized carbons (Fsp3) is 0.353. The Kier molecular flexibility index (Phi) is 4.03. The smallest absolute Gasteiger partial charge is 0.243 e. The lowest BCUT2D eigenvalue weighted by Gasteiger charge is -2.34. The summed E-state index contributed by atoms with van der Waals surface area (Å²) in [5, 5.41) is 0.937. The molecule has 1 aliphatic heterocycles. The van der Waals surface area contributed by atoms with Crippen molar-refractivity contribution in [2.45, 2.75) is 19.5 Å². The number of ether oxygens (including phenoxy) is 1. The average molecular weight is 342 g/mol. The van der Waals surface area contributed by atoms with E-state index < -0.39 is 0 Å². The second-order valence-corrected chi connectivity index (χ2v) is 6.86. The summed E-state index contributed by atoms with van der Waals surface area (Å²) in [7, 11) is 0. The number of benzene rings is 1. The highest BCUT2D eigenvalue weighted by atomic mass is 32.1. The second kappa shape index (κ2) is 6.33. The molecule has 0 saturated carbocycles. The number of aromatic nitrogens is 3. The predicted molar refractivity (Wildman–Crippen MR) is 91.9 cm³/mol. The van der Waals surface area contributed by atoms with Gasteiger partial charge in [-0.3, -0.25) is 4.79 Å². The van der Waals surface area contributed by atoms with Gasteiger partial charge in [0.2, 0.25) is 5.91 Å². The van der Waals surface area contributed by atoms with Crippen molar-refractivity contribution < 1.29 is 9.53 Å². The Balaban J connectivity index is 1.60. The molecule has 7 heteroatoms. The van der Waals surface area contributed by atoms with E-state index >= 15 is 0 Å². The minimum Gasteiger partial charge on any atom is -0.377 e. The number of amides is 1. The maximum atomic E-state index is 12.8. The van der Waals surface area contributed by atoms with Crippen LogP contribution in [0.15, 0.2) is 36.7 Å². The molecule has 2 aromatic heterocycles. The molecule has 1 fully saturated rings. The highest BCUT2D eigenvalue weighted by Gasteiger charge is 2.31. The summed E-state index contributed by atoms with van der Waals surface area (Å²) in [6, 6.07) is 7.93. The van der Waals surface area contributed by atoms with Crippen molar-refractivity contribution in [3.8, 4) is 0 Å². The van der Waals surface area contributed by atoms with Crippen LogP contribution in [0.5, 0.6) is 0 Å². The van der Waals surface area contributed by atoms with Crippen LogP contribution in [0.3, 0.4) is 0 Å². The zero-order chi connectivity index (χ0) is 16.5. The van der Waals surface area contributed by atoms with Crippen LogP contribution in [0.1, 0.15) is 16.9 Å². The molecule has 124 valence electrons. The number of carbonyl (C=O) groups is 1. The second-order valence-electron chi connectivity index (χ2n) is 5.80. The molecule has 1 amide bonds. The van der Waals surface area contributed by atoms with Crippen molar-refractivity contribution in [3.05, 3.63) is 47.5 Å². The SMILES string of the molecule is Cc1nccn1CC(=O)N1CCOC[C@@H]1c1nc2ccccc2s1. The number of morpholine rings is 1. The monoisotopic (exact) mass is 342 g/mol. The van der Waals surface area contributed by atoms with Crippen LogP contribution in [0.2, 0.25) is 0 Å². The number of hydrogen-bond acceptors (Lipinski definition) is 5. The van der Waals surface area contributed by atoms with E-state index in [0.717, 1.165) is 21.0 Å². The third-order valence-electron chi connectivity index (χ3n) is 4.27. The third-order valence-corrected chi connectivity index (χ3v) is 5.41. The van der Waals surface area contributed by atoms with E-state index in [4.69, 9.17) is 9.72 Å². The van der Waals surface area contributed by atoms with Gasteiger partial charge in [-0.15, -0.1) is 11.3 Å². The number of carbonyl (C=O) groups excluding carboxylic acids is 1. The zero-order valence-electron chi connectivity index (χ0n) is 13.4. The molecular weight excluding hydrogens is 324 g/mol. The maximum absolute atomic E-state index is 12.8. The van der Waals surface area contributed by atoms with Gasteiger partial charge < -0.3 is 14.2 Å². The van der Waals surface area contributed by atoms with Gasteiger partial charge in [0.05, 0.1) is 23.4 Å². The topological polar surface area (TPSA) is 60.2 Å². The van der Waals surface area contributed by atoms with Crippen molar-refractivity contribution in [1.82, 2.24) is 19.4 Å². The molecule has 0 bridgehead atoms. The Morgan fingerprint density at radius 2 is 2.29 bits per heavy atom. The Morgan fingerprint density at radius 1 is 1.42 bits per heavy atom. The van der Waals surface area contributed by atoms with E-state index in [1.54, 1.807) is 17.5 Å². The maximum Gasteiger partial charge on any atom is 0.243 e. The molecule has 3 aromatic rings. The van der Waals surface area contributed by atoms with Gasteiger partial charge in [0.15, 0.2) is 0 Å². The fourth-order valence-corrected chi connectivity index (χ4v) is 4.01. The summed E-state index contributed by atoms with van der Waals surface area (Å²) in [5.74, 6) is 0.914. The lowest BCUT2D eigenvalue weighted by Crippen LogP contribution is -2.44. The van der Waals surface area contributed by atoms with Crippen LogP contribution in [0.25, 0.3) is 10.2 Å². The summed E-state index contributed by atoms with van der Waals surface area (Å²) in [4.78, 5) is 23.6.